The topological polar surface area (TPSA) is 78.0 Å². The van der Waals surface area contributed by atoms with Crippen molar-refractivity contribution in [3.8, 4) is 0 Å². The molecule has 3 aliphatic rings. The van der Waals surface area contributed by atoms with Gasteiger partial charge in [-0.25, -0.2) is 4.98 Å². The van der Waals surface area contributed by atoms with E-state index in [2.05, 4.69) is 38.3 Å². The standard InChI is InChI=1S/C29H31N5O3/c1-32-25-9-5-4-8-24(25)27(22-6-2-3-7-23(22)29(32)36)34-15-13-33(14-16-34)26-11-10-21(18-30-26)31-28(35)20-12-17-37-19-20/h2-11,18,20,27H,12-17,19H2,1H3,(H,31,35). The number of benzene rings is 2. The molecule has 3 aliphatic heterocycles. The van der Waals surface area contributed by atoms with Crippen LogP contribution >= 0.6 is 0 Å². The number of piperazine rings is 1. The molecule has 2 unspecified atom stereocenters. The van der Waals surface area contributed by atoms with Gasteiger partial charge in [-0.2, -0.15) is 0 Å². The van der Waals surface area contributed by atoms with E-state index in [1.54, 1.807) is 11.1 Å². The number of carbonyl (C=O) groups is 2. The highest BCUT2D eigenvalue weighted by molar-refractivity contribution is 6.08. The number of aromatic nitrogens is 1. The Morgan fingerprint density at radius 3 is 2.46 bits per heavy atom. The number of amides is 2. The first-order valence-electron chi connectivity index (χ1n) is 12.9. The molecule has 1 aromatic heterocycles. The summed E-state index contributed by atoms with van der Waals surface area (Å²) in [6, 6.07) is 20.1. The lowest BCUT2D eigenvalue weighted by atomic mass is 9.93. The Balaban J connectivity index is 1.18. The van der Waals surface area contributed by atoms with Gasteiger partial charge in [-0.3, -0.25) is 14.5 Å². The Morgan fingerprint density at radius 2 is 1.73 bits per heavy atom. The van der Waals surface area contributed by atoms with Gasteiger partial charge in [0.25, 0.3) is 5.91 Å². The molecule has 4 heterocycles. The lowest BCUT2D eigenvalue weighted by Gasteiger charge is -2.40. The molecular weight excluding hydrogens is 466 g/mol. The Bertz CT molecular complexity index is 1300. The van der Waals surface area contributed by atoms with E-state index >= 15 is 0 Å². The van der Waals surface area contributed by atoms with E-state index in [1.165, 1.54) is 0 Å². The van der Waals surface area contributed by atoms with Crippen molar-refractivity contribution in [3.63, 3.8) is 0 Å². The zero-order chi connectivity index (χ0) is 25.4. The van der Waals surface area contributed by atoms with Gasteiger partial charge in [-0.1, -0.05) is 36.4 Å². The Labute approximate surface area is 216 Å². The van der Waals surface area contributed by atoms with Crippen molar-refractivity contribution in [2.45, 2.75) is 12.5 Å². The zero-order valence-corrected chi connectivity index (χ0v) is 21.0. The van der Waals surface area contributed by atoms with Crippen LogP contribution in [0.15, 0.2) is 66.9 Å². The van der Waals surface area contributed by atoms with E-state index in [-0.39, 0.29) is 23.8 Å². The summed E-state index contributed by atoms with van der Waals surface area (Å²) < 4.78 is 5.32. The van der Waals surface area contributed by atoms with Crippen molar-refractivity contribution in [2.24, 2.45) is 5.92 Å². The van der Waals surface area contributed by atoms with Crippen molar-refractivity contribution in [1.29, 1.82) is 0 Å². The van der Waals surface area contributed by atoms with Crippen LogP contribution in [0.5, 0.6) is 0 Å². The number of rotatable bonds is 4. The average Bonchev–Trinajstić information content (AvgIpc) is 3.47. The summed E-state index contributed by atoms with van der Waals surface area (Å²) in [7, 11) is 1.86. The number of ether oxygens (including phenoxy) is 1. The lowest BCUT2D eigenvalue weighted by molar-refractivity contribution is -0.119. The highest BCUT2D eigenvalue weighted by Gasteiger charge is 2.35. The summed E-state index contributed by atoms with van der Waals surface area (Å²) in [5, 5.41) is 2.96. The maximum absolute atomic E-state index is 13.3. The first-order chi connectivity index (χ1) is 18.1. The molecule has 2 amide bonds. The second kappa shape index (κ2) is 9.95. The second-order valence-electron chi connectivity index (χ2n) is 9.89. The van der Waals surface area contributed by atoms with Crippen molar-refractivity contribution < 1.29 is 14.3 Å². The maximum atomic E-state index is 13.3. The number of nitrogens with zero attached hydrogens (tertiary/aromatic N) is 4. The average molecular weight is 498 g/mol. The highest BCUT2D eigenvalue weighted by atomic mass is 16.5. The highest BCUT2D eigenvalue weighted by Crippen LogP contribution is 2.40. The summed E-state index contributed by atoms with van der Waals surface area (Å²) in [4.78, 5) is 36.8. The molecule has 8 nitrogen and oxygen atoms in total. The number of pyridine rings is 1. The molecule has 2 saturated heterocycles. The van der Waals surface area contributed by atoms with Crippen LogP contribution in [0, 0.1) is 5.92 Å². The van der Waals surface area contributed by atoms with Gasteiger partial charge in [-0.15, -0.1) is 0 Å². The predicted molar refractivity (Wildman–Crippen MR) is 143 cm³/mol. The van der Waals surface area contributed by atoms with Crippen molar-refractivity contribution in [1.82, 2.24) is 9.88 Å². The van der Waals surface area contributed by atoms with Crippen LogP contribution in [0.25, 0.3) is 0 Å². The molecule has 37 heavy (non-hydrogen) atoms. The fourth-order valence-corrected chi connectivity index (χ4v) is 5.65. The number of hydrogen-bond donors (Lipinski definition) is 1. The molecule has 2 atom stereocenters. The molecular formula is C29H31N5O3. The number of fused-ring (bicyclic) bond motifs is 2. The molecule has 0 spiro atoms. The minimum atomic E-state index is -0.0814. The first-order valence-corrected chi connectivity index (χ1v) is 12.9. The summed E-state index contributed by atoms with van der Waals surface area (Å²) in [5.74, 6) is 0.843. The predicted octanol–water partition coefficient (Wildman–Crippen LogP) is 3.56. The fraction of sp³-hybridized carbons (Fsp3) is 0.345. The van der Waals surface area contributed by atoms with Crippen LogP contribution in [0.3, 0.4) is 0 Å². The smallest absolute Gasteiger partial charge is 0.258 e. The number of hydrogen-bond acceptors (Lipinski definition) is 6. The van der Waals surface area contributed by atoms with Crippen molar-refractivity contribution in [3.05, 3.63) is 83.6 Å². The van der Waals surface area contributed by atoms with E-state index in [1.807, 2.05) is 49.5 Å². The lowest BCUT2D eigenvalue weighted by Crippen LogP contribution is -2.48. The van der Waals surface area contributed by atoms with Crippen LogP contribution in [-0.2, 0) is 9.53 Å². The Morgan fingerprint density at radius 1 is 0.973 bits per heavy atom. The van der Waals surface area contributed by atoms with Gasteiger partial charge < -0.3 is 19.9 Å². The summed E-state index contributed by atoms with van der Waals surface area (Å²) in [6.45, 7) is 4.46. The van der Waals surface area contributed by atoms with Gasteiger partial charge in [0.15, 0.2) is 0 Å². The van der Waals surface area contributed by atoms with E-state index in [0.717, 1.165) is 60.8 Å². The largest absolute Gasteiger partial charge is 0.381 e. The summed E-state index contributed by atoms with van der Waals surface area (Å²) in [5.41, 5.74) is 4.64. The molecule has 6 rings (SSSR count). The van der Waals surface area contributed by atoms with E-state index in [4.69, 9.17) is 4.74 Å². The van der Waals surface area contributed by atoms with Gasteiger partial charge in [0.2, 0.25) is 5.91 Å². The van der Waals surface area contributed by atoms with Gasteiger partial charge in [0.05, 0.1) is 30.5 Å². The number of carbonyl (C=O) groups excluding carboxylic acids is 2. The Hall–Kier alpha value is -3.75. The van der Waals surface area contributed by atoms with Crippen LogP contribution in [0.4, 0.5) is 17.2 Å². The number of anilines is 3. The quantitative estimate of drug-likeness (QED) is 0.594. The fourth-order valence-electron chi connectivity index (χ4n) is 5.65. The third-order valence-corrected chi connectivity index (χ3v) is 7.70. The molecule has 0 radical (unpaired) electrons. The van der Waals surface area contributed by atoms with Gasteiger partial charge in [0.1, 0.15) is 5.82 Å². The molecule has 2 fully saturated rings. The van der Waals surface area contributed by atoms with Gasteiger partial charge >= 0.3 is 0 Å². The maximum Gasteiger partial charge on any atom is 0.258 e. The van der Waals surface area contributed by atoms with Crippen molar-refractivity contribution >= 4 is 29.0 Å². The normalized spacial score (nSPS) is 21.8. The molecule has 1 N–H and O–H groups in total. The zero-order valence-electron chi connectivity index (χ0n) is 21.0. The summed E-state index contributed by atoms with van der Waals surface area (Å²) in [6.07, 6.45) is 2.50. The van der Waals surface area contributed by atoms with E-state index in [0.29, 0.717) is 18.9 Å². The first kappa shape index (κ1) is 23.6. The second-order valence-corrected chi connectivity index (χ2v) is 9.89. The van der Waals surface area contributed by atoms with Gasteiger partial charge in [0, 0.05) is 51.1 Å². The molecule has 0 aliphatic carbocycles. The molecule has 3 aromatic rings. The SMILES string of the molecule is CN1C(=O)c2ccccc2C(N2CCN(c3ccc(NC(=O)C4CCOC4)cn3)CC2)c2ccccc21. The van der Waals surface area contributed by atoms with Gasteiger partial charge in [-0.05, 0) is 41.8 Å². The molecule has 8 heteroatoms. The Kier molecular flexibility index (Phi) is 6.36. The minimum absolute atomic E-state index is 0.00578. The molecule has 0 saturated carbocycles. The van der Waals surface area contributed by atoms with E-state index in [9.17, 15) is 9.59 Å². The molecule has 190 valence electrons. The number of nitrogens with one attached hydrogen (secondary N) is 1. The van der Waals surface area contributed by atoms with Crippen LogP contribution < -0.4 is 15.1 Å². The summed E-state index contributed by atoms with van der Waals surface area (Å²) >= 11 is 0. The third-order valence-electron chi connectivity index (χ3n) is 7.70. The van der Waals surface area contributed by atoms with Crippen LogP contribution in [-0.4, -0.2) is 68.1 Å². The monoisotopic (exact) mass is 497 g/mol. The van der Waals surface area contributed by atoms with Crippen molar-refractivity contribution in [2.75, 3.05) is 61.6 Å². The molecule has 0 bridgehead atoms. The van der Waals surface area contributed by atoms with E-state index < -0.39 is 0 Å². The minimum Gasteiger partial charge on any atom is -0.381 e. The third kappa shape index (κ3) is 4.47. The van der Waals surface area contributed by atoms with Crippen LogP contribution in [0.2, 0.25) is 0 Å². The molecule has 2 aromatic carbocycles. The number of para-hydroxylation sites is 1. The van der Waals surface area contributed by atoms with Crippen LogP contribution in [0.1, 0.15) is 33.9 Å².